The molecule has 0 bridgehead atoms. The van der Waals surface area contributed by atoms with Crippen LogP contribution in [0.5, 0.6) is 0 Å². The van der Waals surface area contributed by atoms with Crippen LogP contribution in [-0.2, 0) is 13.5 Å². The van der Waals surface area contributed by atoms with Crippen molar-refractivity contribution in [2.24, 2.45) is 7.05 Å². The van der Waals surface area contributed by atoms with E-state index in [4.69, 9.17) is 0 Å². The molecule has 0 aliphatic heterocycles. The third-order valence-corrected chi connectivity index (χ3v) is 2.26. The average molecular weight is 221 g/mol. The van der Waals surface area contributed by atoms with Crippen LogP contribution in [0, 0.1) is 6.92 Å². The van der Waals surface area contributed by atoms with Crippen molar-refractivity contribution >= 4 is 0 Å². The summed E-state index contributed by atoms with van der Waals surface area (Å²) in [5, 5.41) is 6.26. The smallest absolute Gasteiger partial charge is 0.309 e. The van der Waals surface area contributed by atoms with Gasteiger partial charge in [0.05, 0.1) is 5.69 Å². The fourth-order valence-electron chi connectivity index (χ4n) is 1.45. The summed E-state index contributed by atoms with van der Waals surface area (Å²) in [7, 11) is 2.95. The van der Waals surface area contributed by atoms with Crippen molar-refractivity contribution in [3.05, 3.63) is 17.5 Å². The van der Waals surface area contributed by atoms with E-state index in [2.05, 4.69) is 10.4 Å². The molecule has 1 aromatic rings. The van der Waals surface area contributed by atoms with Gasteiger partial charge >= 0.3 is 6.18 Å². The van der Waals surface area contributed by atoms with E-state index in [1.165, 1.54) is 11.7 Å². The van der Waals surface area contributed by atoms with E-state index in [0.717, 1.165) is 5.69 Å². The van der Waals surface area contributed by atoms with Crippen LogP contribution < -0.4 is 5.32 Å². The quantitative estimate of drug-likeness (QED) is 0.836. The molecule has 0 amide bonds. The average Bonchev–Trinajstić information content (AvgIpc) is 2.38. The van der Waals surface area contributed by atoms with E-state index >= 15 is 0 Å². The molecule has 0 aromatic carbocycles. The van der Waals surface area contributed by atoms with Crippen molar-refractivity contribution in [1.82, 2.24) is 15.1 Å². The van der Waals surface area contributed by atoms with Crippen LogP contribution in [0.25, 0.3) is 0 Å². The number of halogens is 3. The number of alkyl halides is 3. The summed E-state index contributed by atoms with van der Waals surface area (Å²) < 4.78 is 38.8. The molecule has 6 heteroatoms. The second kappa shape index (κ2) is 4.22. The van der Waals surface area contributed by atoms with Crippen molar-refractivity contribution in [2.75, 3.05) is 7.05 Å². The number of hydrogen-bond donors (Lipinski definition) is 1. The van der Waals surface area contributed by atoms with Gasteiger partial charge in [0.25, 0.3) is 0 Å². The van der Waals surface area contributed by atoms with Gasteiger partial charge in [0.1, 0.15) is 6.04 Å². The Bertz CT molecular complexity index is 330. The van der Waals surface area contributed by atoms with Gasteiger partial charge < -0.3 is 5.32 Å². The van der Waals surface area contributed by atoms with Crippen molar-refractivity contribution in [3.8, 4) is 0 Å². The minimum atomic E-state index is -4.23. The molecule has 0 radical (unpaired) electrons. The Balaban J connectivity index is 2.80. The standard InChI is InChI=1S/C9H14F3N3/c1-6-4-7(15(3)14-6)5-8(13-2)9(10,11)12/h4,8,13H,5H2,1-3H3. The van der Waals surface area contributed by atoms with Gasteiger partial charge in [-0.15, -0.1) is 0 Å². The zero-order valence-corrected chi connectivity index (χ0v) is 8.89. The SMILES string of the molecule is CNC(Cc1cc(C)nn1C)C(F)(F)F. The van der Waals surface area contributed by atoms with E-state index in [1.807, 2.05) is 0 Å². The Morgan fingerprint density at radius 1 is 1.53 bits per heavy atom. The van der Waals surface area contributed by atoms with Gasteiger partial charge in [-0.2, -0.15) is 18.3 Å². The van der Waals surface area contributed by atoms with Gasteiger partial charge in [-0.1, -0.05) is 0 Å². The Morgan fingerprint density at radius 2 is 2.13 bits per heavy atom. The molecule has 0 aliphatic carbocycles. The molecule has 1 unspecified atom stereocenters. The minimum Gasteiger partial charge on any atom is -0.309 e. The fourth-order valence-corrected chi connectivity index (χ4v) is 1.45. The number of likely N-dealkylation sites (N-methyl/N-ethyl adjacent to an activating group) is 1. The van der Waals surface area contributed by atoms with Crippen molar-refractivity contribution in [3.63, 3.8) is 0 Å². The summed E-state index contributed by atoms with van der Waals surface area (Å²) in [6.45, 7) is 1.76. The molecule has 1 heterocycles. The van der Waals surface area contributed by atoms with Crippen molar-refractivity contribution in [1.29, 1.82) is 0 Å². The highest BCUT2D eigenvalue weighted by Crippen LogP contribution is 2.22. The highest BCUT2D eigenvalue weighted by atomic mass is 19.4. The molecular formula is C9H14F3N3. The van der Waals surface area contributed by atoms with Crippen LogP contribution in [0.3, 0.4) is 0 Å². The molecule has 0 fully saturated rings. The normalized spacial score (nSPS) is 14.3. The van der Waals surface area contributed by atoms with E-state index in [9.17, 15) is 13.2 Å². The van der Waals surface area contributed by atoms with Gasteiger partial charge in [-0.05, 0) is 20.0 Å². The lowest BCUT2D eigenvalue weighted by atomic mass is 10.1. The molecule has 1 aromatic heterocycles. The van der Waals surface area contributed by atoms with Crippen LogP contribution in [0.1, 0.15) is 11.4 Å². The Hall–Kier alpha value is -1.04. The summed E-state index contributed by atoms with van der Waals surface area (Å²) in [6, 6.07) is 0.142. The molecule has 3 nitrogen and oxygen atoms in total. The molecule has 1 N–H and O–H groups in total. The van der Waals surface area contributed by atoms with Gasteiger partial charge in [0.2, 0.25) is 0 Å². The number of hydrogen-bond acceptors (Lipinski definition) is 2. The summed E-state index contributed by atoms with van der Waals surface area (Å²) in [4.78, 5) is 0. The molecule has 0 spiro atoms. The first-order valence-corrected chi connectivity index (χ1v) is 4.58. The summed E-state index contributed by atoms with van der Waals surface area (Å²) in [5.74, 6) is 0. The van der Waals surface area contributed by atoms with Crippen LogP contribution in [0.2, 0.25) is 0 Å². The number of aryl methyl sites for hydroxylation is 2. The predicted molar refractivity (Wildman–Crippen MR) is 50.6 cm³/mol. The largest absolute Gasteiger partial charge is 0.404 e. The Morgan fingerprint density at radius 3 is 2.47 bits per heavy atom. The predicted octanol–water partition coefficient (Wildman–Crippen LogP) is 1.42. The van der Waals surface area contributed by atoms with E-state index in [0.29, 0.717) is 5.69 Å². The second-order valence-electron chi connectivity index (χ2n) is 3.49. The molecule has 0 aliphatic rings. The first-order valence-electron chi connectivity index (χ1n) is 4.58. The summed E-state index contributed by atoms with van der Waals surface area (Å²) >= 11 is 0. The second-order valence-corrected chi connectivity index (χ2v) is 3.49. The first kappa shape index (κ1) is 12.0. The molecular weight excluding hydrogens is 207 g/mol. The van der Waals surface area contributed by atoms with Crippen LogP contribution in [0.4, 0.5) is 13.2 Å². The molecule has 0 saturated heterocycles. The zero-order valence-electron chi connectivity index (χ0n) is 8.89. The topological polar surface area (TPSA) is 29.9 Å². The van der Waals surface area contributed by atoms with Crippen molar-refractivity contribution < 1.29 is 13.2 Å². The van der Waals surface area contributed by atoms with Gasteiger partial charge in [0, 0.05) is 19.2 Å². The molecule has 0 saturated carbocycles. The lowest BCUT2D eigenvalue weighted by Crippen LogP contribution is -2.42. The first-order chi connectivity index (χ1) is 6.84. The lowest BCUT2D eigenvalue weighted by molar-refractivity contribution is -0.154. The molecule has 15 heavy (non-hydrogen) atoms. The maximum Gasteiger partial charge on any atom is 0.404 e. The van der Waals surface area contributed by atoms with Crippen LogP contribution in [0.15, 0.2) is 6.07 Å². The number of nitrogens with one attached hydrogen (secondary N) is 1. The number of rotatable bonds is 3. The van der Waals surface area contributed by atoms with Gasteiger partial charge in [0.15, 0.2) is 0 Å². The Kier molecular flexibility index (Phi) is 3.38. The highest BCUT2D eigenvalue weighted by Gasteiger charge is 2.38. The maximum atomic E-state index is 12.5. The third kappa shape index (κ3) is 2.95. The summed E-state index contributed by atoms with van der Waals surface area (Å²) in [5.41, 5.74) is 1.30. The van der Waals surface area contributed by atoms with Crippen LogP contribution >= 0.6 is 0 Å². The zero-order chi connectivity index (χ0) is 11.6. The highest BCUT2D eigenvalue weighted by molar-refractivity contribution is 5.10. The Labute approximate surface area is 86.3 Å². The lowest BCUT2D eigenvalue weighted by Gasteiger charge is -2.19. The van der Waals surface area contributed by atoms with Gasteiger partial charge in [-0.3, -0.25) is 4.68 Å². The monoisotopic (exact) mass is 221 g/mol. The summed E-state index contributed by atoms with van der Waals surface area (Å²) in [6.07, 6.45) is -4.33. The number of aromatic nitrogens is 2. The third-order valence-electron chi connectivity index (χ3n) is 2.26. The molecule has 86 valence electrons. The van der Waals surface area contributed by atoms with Crippen molar-refractivity contribution in [2.45, 2.75) is 25.6 Å². The van der Waals surface area contributed by atoms with E-state index in [1.54, 1.807) is 20.0 Å². The van der Waals surface area contributed by atoms with Gasteiger partial charge in [-0.25, -0.2) is 0 Å². The fraction of sp³-hybridized carbons (Fsp3) is 0.667. The minimum absolute atomic E-state index is 0.0999. The molecule has 1 atom stereocenters. The van der Waals surface area contributed by atoms with E-state index in [-0.39, 0.29) is 6.42 Å². The number of nitrogens with zero attached hydrogens (tertiary/aromatic N) is 2. The maximum absolute atomic E-state index is 12.5. The molecule has 1 rings (SSSR count). The van der Waals surface area contributed by atoms with E-state index < -0.39 is 12.2 Å². The van der Waals surface area contributed by atoms with Crippen LogP contribution in [-0.4, -0.2) is 29.0 Å².